The number of aliphatic hydroxyl groups excluding tert-OH is 2. The number of benzene rings is 1. The first-order chi connectivity index (χ1) is 28.3. The molecular formula is C52H76O7. The van der Waals surface area contributed by atoms with Crippen molar-refractivity contribution < 1.29 is 34.4 Å². The molecule has 3 N–H and O–H groups in total. The fourth-order valence-electron chi connectivity index (χ4n) is 13.9. The Morgan fingerprint density at radius 3 is 2.44 bits per heavy atom. The molecule has 7 heteroatoms. The lowest BCUT2D eigenvalue weighted by Gasteiger charge is -2.71. The maximum atomic E-state index is 14.8. The lowest BCUT2D eigenvalue weighted by molar-refractivity contribution is -0.338. The van der Waals surface area contributed by atoms with Crippen molar-refractivity contribution in [2.45, 2.75) is 199 Å². The van der Waals surface area contributed by atoms with Crippen LogP contribution in [0.4, 0.5) is 0 Å². The minimum absolute atomic E-state index is 0.167. The highest BCUT2D eigenvalue weighted by atomic mass is 16.5. The highest BCUT2D eigenvalue weighted by molar-refractivity contribution is 5.85. The van der Waals surface area contributed by atoms with Crippen LogP contribution in [-0.4, -0.2) is 57.8 Å². The van der Waals surface area contributed by atoms with E-state index in [1.165, 1.54) is 43.7 Å². The Labute approximate surface area is 355 Å². The van der Waals surface area contributed by atoms with E-state index in [1.54, 1.807) is 0 Å². The second kappa shape index (κ2) is 18.4. The van der Waals surface area contributed by atoms with Gasteiger partial charge in [-0.3, -0.25) is 4.79 Å². The van der Waals surface area contributed by atoms with Crippen LogP contribution in [0, 0.1) is 57.2 Å². The van der Waals surface area contributed by atoms with Crippen LogP contribution in [0.25, 0.3) is 0 Å². The van der Waals surface area contributed by atoms with Gasteiger partial charge < -0.3 is 24.8 Å². The van der Waals surface area contributed by atoms with Crippen LogP contribution in [-0.2, 0) is 25.5 Å². The van der Waals surface area contributed by atoms with E-state index in [9.17, 15) is 24.9 Å². The van der Waals surface area contributed by atoms with E-state index in [4.69, 9.17) is 9.47 Å². The van der Waals surface area contributed by atoms with Crippen molar-refractivity contribution in [3.8, 4) is 11.8 Å². The first kappa shape index (κ1) is 44.4. The van der Waals surface area contributed by atoms with Crippen LogP contribution in [0.3, 0.4) is 0 Å². The molecule has 1 aromatic carbocycles. The van der Waals surface area contributed by atoms with Crippen molar-refractivity contribution >= 4 is 11.9 Å². The molecule has 4 saturated carbocycles. The topological polar surface area (TPSA) is 113 Å². The Kier molecular flexibility index (Phi) is 13.8. The standard InChI is InChI=1S/C52H76O7/c1-5-6-9-19-39-22-23-41(33-39)49(4)31-26-44(54)52(43(53)24-21-37(2)16-14-20-38-17-10-7-11-18-38)46(49)42-35-48(3,51(52,57)32-25-40-34-45(55)58-36-40)27-15-30-50(47(56)59-42)28-12-8-13-29-50/h7,10-11,17-18,34,37,39,41-44,46,53-54,57H,5-6,8-9,12-14,16,19-26,28-33,35-36H2,1-4H3/t37-,39+,41+,42-,43-,44+,46+,48+,49+,51-,52+/m1/s1. The van der Waals surface area contributed by atoms with Crippen LogP contribution in [0.15, 0.2) is 42.0 Å². The smallest absolute Gasteiger partial charge is 0.331 e. The number of carbonyl (C=O) groups excluding carboxylic acids is 2. The second-order valence-electron chi connectivity index (χ2n) is 21.0. The summed E-state index contributed by atoms with van der Waals surface area (Å²) in [7, 11) is 0. The zero-order chi connectivity index (χ0) is 41.9. The van der Waals surface area contributed by atoms with Gasteiger partial charge >= 0.3 is 11.9 Å². The third-order valence-corrected chi connectivity index (χ3v) is 17.3. The second-order valence-corrected chi connectivity index (χ2v) is 21.0. The number of aryl methyl sites for hydroxylation is 1. The van der Waals surface area contributed by atoms with E-state index in [1.807, 2.05) is 6.92 Å². The van der Waals surface area contributed by atoms with Gasteiger partial charge in [-0.1, -0.05) is 115 Å². The molecule has 2 heterocycles. The molecule has 11 atom stereocenters. The van der Waals surface area contributed by atoms with E-state index in [2.05, 4.69) is 62.9 Å². The van der Waals surface area contributed by atoms with Gasteiger partial charge in [0.15, 0.2) is 0 Å². The molecular weight excluding hydrogens is 737 g/mol. The largest absolute Gasteiger partial charge is 0.462 e. The molecule has 4 aliphatic carbocycles. The highest BCUT2D eigenvalue weighted by Crippen LogP contribution is 2.72. The average Bonchev–Trinajstić information content (AvgIpc) is 3.89. The summed E-state index contributed by atoms with van der Waals surface area (Å²) in [6.07, 6.45) is 18.3. The first-order valence-electron chi connectivity index (χ1n) is 24.0. The predicted octanol–water partition coefficient (Wildman–Crippen LogP) is 10.2. The molecule has 1 spiro atoms. The van der Waals surface area contributed by atoms with Gasteiger partial charge in [-0.15, -0.1) is 5.92 Å². The monoisotopic (exact) mass is 813 g/mol. The Morgan fingerprint density at radius 2 is 1.71 bits per heavy atom. The number of rotatable bonds is 16. The van der Waals surface area contributed by atoms with E-state index >= 15 is 0 Å². The Balaban J connectivity index is 1.31. The number of esters is 2. The van der Waals surface area contributed by atoms with Crippen molar-refractivity contribution in [2.75, 3.05) is 6.61 Å². The van der Waals surface area contributed by atoms with Crippen LogP contribution < -0.4 is 0 Å². The number of unbranched alkanes of at least 4 members (excludes halogenated alkanes) is 2. The van der Waals surface area contributed by atoms with Crippen molar-refractivity contribution in [1.82, 2.24) is 0 Å². The van der Waals surface area contributed by atoms with Crippen molar-refractivity contribution in [1.29, 1.82) is 0 Å². The predicted molar refractivity (Wildman–Crippen MR) is 232 cm³/mol. The van der Waals surface area contributed by atoms with E-state index in [0.717, 1.165) is 82.6 Å². The first-order valence-corrected chi connectivity index (χ1v) is 24.0. The minimum atomic E-state index is -1.67. The average molecular weight is 813 g/mol. The number of fused-ring (bicyclic) bond motifs is 4. The molecule has 326 valence electrons. The number of cyclic esters (lactones) is 1. The highest BCUT2D eigenvalue weighted by Gasteiger charge is 2.78. The molecule has 0 amide bonds. The van der Waals surface area contributed by atoms with Crippen molar-refractivity contribution in [3.05, 3.63) is 47.5 Å². The molecule has 59 heavy (non-hydrogen) atoms. The zero-order valence-electron chi connectivity index (χ0n) is 37.0. The van der Waals surface area contributed by atoms with Crippen LogP contribution >= 0.6 is 0 Å². The summed E-state index contributed by atoms with van der Waals surface area (Å²) >= 11 is 0. The van der Waals surface area contributed by atoms with Crippen molar-refractivity contribution in [3.63, 3.8) is 0 Å². The normalized spacial score (nSPS) is 37.5. The van der Waals surface area contributed by atoms with Gasteiger partial charge in [0.1, 0.15) is 12.7 Å². The summed E-state index contributed by atoms with van der Waals surface area (Å²) < 4.78 is 12.4. The fourth-order valence-corrected chi connectivity index (χ4v) is 13.9. The van der Waals surface area contributed by atoms with Crippen LogP contribution in [0.2, 0.25) is 0 Å². The SMILES string of the molecule is CCCCC[C@H]1CC[C@H]([C@]2(C)CC[C@H](O)[C@@]3([C@H](O)CC[C@H](C)CCCc4ccccc4)[C@H]2[C@H]2C[C@](C)(C#CCC4(CCCCC4)C(=O)O2)[C@]3(O)CCC2=CC(=O)OC2)C1. The molecule has 1 aromatic rings. The van der Waals surface area contributed by atoms with Gasteiger partial charge in [-0.25, -0.2) is 4.79 Å². The molecule has 2 aliphatic heterocycles. The lowest BCUT2D eigenvalue weighted by atomic mass is 9.35. The summed E-state index contributed by atoms with van der Waals surface area (Å²) in [5.74, 6) is 7.38. The molecule has 0 saturated heterocycles. The van der Waals surface area contributed by atoms with Crippen molar-refractivity contribution in [2.24, 2.45) is 45.3 Å². The molecule has 6 aliphatic rings. The maximum absolute atomic E-state index is 14.8. The van der Waals surface area contributed by atoms with E-state index in [0.29, 0.717) is 49.9 Å². The van der Waals surface area contributed by atoms with Gasteiger partial charge in [0.2, 0.25) is 0 Å². The number of carbonyl (C=O) groups is 2. The maximum Gasteiger partial charge on any atom is 0.331 e. The molecule has 0 unspecified atom stereocenters. The number of hydrogen-bond acceptors (Lipinski definition) is 7. The van der Waals surface area contributed by atoms with Crippen LogP contribution in [0.5, 0.6) is 0 Å². The van der Waals surface area contributed by atoms with Gasteiger partial charge in [0, 0.05) is 24.8 Å². The summed E-state index contributed by atoms with van der Waals surface area (Å²) in [6.45, 7) is 9.08. The summed E-state index contributed by atoms with van der Waals surface area (Å²) in [4.78, 5) is 27.1. The quantitative estimate of drug-likeness (QED) is 0.0865. The Bertz CT molecular complexity index is 1700. The van der Waals surface area contributed by atoms with E-state index < -0.39 is 51.5 Å². The number of aliphatic hydroxyl groups is 3. The molecule has 7 nitrogen and oxygen atoms in total. The summed E-state index contributed by atoms with van der Waals surface area (Å²) in [6, 6.07) is 10.6. The lowest BCUT2D eigenvalue weighted by Crippen LogP contribution is -2.79. The summed E-state index contributed by atoms with van der Waals surface area (Å²) in [5, 5.41) is 40.6. The van der Waals surface area contributed by atoms with Gasteiger partial charge in [0.25, 0.3) is 0 Å². The molecule has 4 fully saturated rings. The molecule has 2 bridgehead atoms. The van der Waals surface area contributed by atoms with E-state index in [-0.39, 0.29) is 25.0 Å². The Hall–Kier alpha value is -2.66. The third kappa shape index (κ3) is 8.47. The number of ether oxygens (including phenoxy) is 2. The van der Waals surface area contributed by atoms with Gasteiger partial charge in [-0.05, 0) is 118 Å². The van der Waals surface area contributed by atoms with Gasteiger partial charge in [0.05, 0.1) is 34.1 Å². The minimum Gasteiger partial charge on any atom is -0.462 e. The molecule has 7 rings (SSSR count). The fraction of sp³-hybridized carbons (Fsp3) is 0.769. The third-order valence-electron chi connectivity index (χ3n) is 17.3. The number of hydrogen-bond donors (Lipinski definition) is 3. The Morgan fingerprint density at radius 1 is 0.932 bits per heavy atom. The van der Waals surface area contributed by atoms with Crippen LogP contribution in [0.1, 0.15) is 175 Å². The summed E-state index contributed by atoms with van der Waals surface area (Å²) in [5.41, 5.74) is -3.17. The zero-order valence-corrected chi connectivity index (χ0v) is 37.0. The molecule has 0 aromatic heterocycles. The van der Waals surface area contributed by atoms with Gasteiger partial charge in [-0.2, -0.15) is 0 Å². The molecule has 0 radical (unpaired) electrons.